The maximum Gasteiger partial charge on any atom is 0.409 e. The first kappa shape index (κ1) is 14.1. The second kappa shape index (κ2) is 6.25. The van der Waals surface area contributed by atoms with E-state index >= 15 is 0 Å². The highest BCUT2D eigenvalue weighted by Gasteiger charge is 2.23. The molecule has 0 unspecified atom stereocenters. The number of ether oxygens (including phenoxy) is 1. The number of hydrogen-bond acceptors (Lipinski definition) is 4. The molecule has 0 saturated carbocycles. The van der Waals surface area contributed by atoms with Gasteiger partial charge in [-0.05, 0) is 18.6 Å². The Labute approximate surface area is 120 Å². The van der Waals surface area contributed by atoms with Crippen LogP contribution in [0.3, 0.4) is 0 Å². The standard InChI is InChI=1S/C12H15ClN2O3S/c1-18-12(17)15-6-2-5-14(7-8-15)11(16)9-3-4-10(13)19-9/h3-4H,2,5-8H2,1H3. The Morgan fingerprint density at radius 2 is 1.89 bits per heavy atom. The number of thiophene rings is 1. The predicted octanol–water partition coefficient (Wildman–Crippen LogP) is 2.32. The molecule has 104 valence electrons. The van der Waals surface area contributed by atoms with Gasteiger partial charge in [-0.2, -0.15) is 0 Å². The molecule has 0 atom stereocenters. The number of methoxy groups -OCH3 is 1. The van der Waals surface area contributed by atoms with E-state index in [4.69, 9.17) is 16.3 Å². The summed E-state index contributed by atoms with van der Waals surface area (Å²) in [5.74, 6) is -0.0244. The molecule has 2 rings (SSSR count). The number of halogens is 1. The summed E-state index contributed by atoms with van der Waals surface area (Å²) in [5.41, 5.74) is 0. The van der Waals surface area contributed by atoms with E-state index in [9.17, 15) is 9.59 Å². The molecule has 5 nitrogen and oxygen atoms in total. The topological polar surface area (TPSA) is 49.9 Å². The van der Waals surface area contributed by atoms with Crippen LogP contribution in [0.2, 0.25) is 4.34 Å². The monoisotopic (exact) mass is 302 g/mol. The summed E-state index contributed by atoms with van der Waals surface area (Å²) in [5, 5.41) is 0. The predicted molar refractivity (Wildman–Crippen MR) is 73.8 cm³/mol. The van der Waals surface area contributed by atoms with Crippen molar-refractivity contribution in [3.05, 3.63) is 21.3 Å². The third kappa shape index (κ3) is 3.39. The van der Waals surface area contributed by atoms with Gasteiger partial charge >= 0.3 is 6.09 Å². The van der Waals surface area contributed by atoms with E-state index in [0.29, 0.717) is 35.4 Å². The van der Waals surface area contributed by atoms with Crippen LogP contribution in [0.4, 0.5) is 4.79 Å². The van der Waals surface area contributed by atoms with Crippen LogP contribution in [0.1, 0.15) is 16.1 Å². The lowest BCUT2D eigenvalue weighted by Crippen LogP contribution is -2.37. The normalized spacial score (nSPS) is 16.1. The van der Waals surface area contributed by atoms with Crippen LogP contribution in [0.15, 0.2) is 12.1 Å². The first-order valence-corrected chi connectivity index (χ1v) is 7.19. The zero-order valence-corrected chi connectivity index (χ0v) is 12.2. The summed E-state index contributed by atoms with van der Waals surface area (Å²) in [6, 6.07) is 3.45. The SMILES string of the molecule is COC(=O)N1CCCN(C(=O)c2ccc(Cl)s2)CC1. The van der Waals surface area contributed by atoms with Gasteiger partial charge in [0.1, 0.15) is 0 Å². The molecule has 0 aromatic carbocycles. The molecule has 19 heavy (non-hydrogen) atoms. The van der Waals surface area contributed by atoms with Crippen LogP contribution >= 0.6 is 22.9 Å². The van der Waals surface area contributed by atoms with Crippen molar-refractivity contribution in [3.63, 3.8) is 0 Å². The average Bonchev–Trinajstić information content (AvgIpc) is 2.71. The van der Waals surface area contributed by atoms with Crippen LogP contribution < -0.4 is 0 Å². The number of rotatable bonds is 1. The van der Waals surface area contributed by atoms with Crippen LogP contribution in [-0.4, -0.2) is 55.1 Å². The van der Waals surface area contributed by atoms with E-state index in [2.05, 4.69) is 0 Å². The van der Waals surface area contributed by atoms with Crippen molar-refractivity contribution in [2.24, 2.45) is 0 Å². The molecule has 2 amide bonds. The number of nitrogens with zero attached hydrogens (tertiary/aromatic N) is 2. The summed E-state index contributed by atoms with van der Waals surface area (Å²) in [7, 11) is 1.36. The molecular formula is C12H15ClN2O3S. The van der Waals surface area contributed by atoms with Gasteiger partial charge in [0.25, 0.3) is 5.91 Å². The Kier molecular flexibility index (Phi) is 4.66. The molecule has 0 spiro atoms. The fourth-order valence-corrected chi connectivity index (χ4v) is 3.03. The molecule has 1 saturated heterocycles. The average molecular weight is 303 g/mol. The summed E-state index contributed by atoms with van der Waals surface area (Å²) in [6.45, 7) is 2.27. The summed E-state index contributed by atoms with van der Waals surface area (Å²) in [6.07, 6.45) is 0.411. The van der Waals surface area contributed by atoms with E-state index < -0.39 is 0 Å². The molecule has 7 heteroatoms. The van der Waals surface area contributed by atoms with Crippen molar-refractivity contribution < 1.29 is 14.3 Å². The molecule has 0 bridgehead atoms. The maximum absolute atomic E-state index is 12.3. The Morgan fingerprint density at radius 3 is 2.53 bits per heavy atom. The third-order valence-corrected chi connectivity index (χ3v) is 4.22. The van der Waals surface area contributed by atoms with E-state index in [0.717, 1.165) is 6.42 Å². The van der Waals surface area contributed by atoms with Gasteiger partial charge in [0.05, 0.1) is 16.3 Å². The van der Waals surface area contributed by atoms with E-state index in [-0.39, 0.29) is 12.0 Å². The minimum absolute atomic E-state index is 0.0244. The second-order valence-electron chi connectivity index (χ2n) is 4.21. The van der Waals surface area contributed by atoms with Crippen LogP contribution in [-0.2, 0) is 4.74 Å². The van der Waals surface area contributed by atoms with Gasteiger partial charge in [0.2, 0.25) is 0 Å². The largest absolute Gasteiger partial charge is 0.453 e. The van der Waals surface area contributed by atoms with Crippen molar-refractivity contribution in [1.82, 2.24) is 9.80 Å². The molecular weight excluding hydrogens is 288 g/mol. The molecule has 2 heterocycles. The highest BCUT2D eigenvalue weighted by Crippen LogP contribution is 2.23. The van der Waals surface area contributed by atoms with Gasteiger partial charge < -0.3 is 14.5 Å². The van der Waals surface area contributed by atoms with Gasteiger partial charge in [-0.1, -0.05) is 11.6 Å². The Balaban J connectivity index is 1.99. The number of carbonyl (C=O) groups is 2. The Bertz CT molecular complexity index is 477. The fraction of sp³-hybridized carbons (Fsp3) is 0.500. The lowest BCUT2D eigenvalue weighted by atomic mass is 10.3. The number of carbonyl (C=O) groups excluding carboxylic acids is 2. The van der Waals surface area contributed by atoms with Crippen LogP contribution in [0, 0.1) is 0 Å². The summed E-state index contributed by atoms with van der Waals surface area (Å²) in [4.78, 5) is 27.7. The van der Waals surface area contributed by atoms with Crippen molar-refractivity contribution in [1.29, 1.82) is 0 Å². The highest BCUT2D eigenvalue weighted by atomic mass is 35.5. The third-order valence-electron chi connectivity index (χ3n) is 3.00. The Hall–Kier alpha value is -1.27. The van der Waals surface area contributed by atoms with Gasteiger partial charge in [-0.15, -0.1) is 11.3 Å². The zero-order valence-electron chi connectivity index (χ0n) is 10.6. The molecule has 0 aliphatic carbocycles. The summed E-state index contributed by atoms with van der Waals surface area (Å²) >= 11 is 7.11. The van der Waals surface area contributed by atoms with Crippen molar-refractivity contribution in [2.45, 2.75) is 6.42 Å². The number of amides is 2. The zero-order chi connectivity index (χ0) is 13.8. The maximum atomic E-state index is 12.3. The van der Waals surface area contributed by atoms with Crippen molar-refractivity contribution >= 4 is 34.9 Å². The molecule has 1 fully saturated rings. The van der Waals surface area contributed by atoms with Crippen molar-refractivity contribution in [2.75, 3.05) is 33.3 Å². The number of hydrogen-bond donors (Lipinski definition) is 0. The molecule has 0 N–H and O–H groups in total. The van der Waals surface area contributed by atoms with Gasteiger partial charge in [0.15, 0.2) is 0 Å². The summed E-state index contributed by atoms with van der Waals surface area (Å²) < 4.78 is 5.30. The lowest BCUT2D eigenvalue weighted by Gasteiger charge is -2.20. The fourth-order valence-electron chi connectivity index (χ4n) is 2.02. The van der Waals surface area contributed by atoms with E-state index in [1.807, 2.05) is 0 Å². The highest BCUT2D eigenvalue weighted by molar-refractivity contribution is 7.17. The minimum atomic E-state index is -0.339. The molecule has 1 aromatic rings. The Morgan fingerprint density at radius 1 is 1.21 bits per heavy atom. The second-order valence-corrected chi connectivity index (χ2v) is 5.92. The van der Waals surface area contributed by atoms with Gasteiger partial charge in [-0.25, -0.2) is 4.79 Å². The van der Waals surface area contributed by atoms with E-state index in [1.54, 1.807) is 21.9 Å². The molecule has 1 aliphatic rings. The van der Waals surface area contributed by atoms with Gasteiger partial charge in [0, 0.05) is 26.2 Å². The van der Waals surface area contributed by atoms with Crippen molar-refractivity contribution in [3.8, 4) is 0 Å². The van der Waals surface area contributed by atoms with E-state index in [1.165, 1.54) is 18.4 Å². The molecule has 0 radical (unpaired) electrons. The van der Waals surface area contributed by atoms with Gasteiger partial charge in [-0.3, -0.25) is 4.79 Å². The quantitative estimate of drug-likeness (QED) is 0.800. The minimum Gasteiger partial charge on any atom is -0.453 e. The lowest BCUT2D eigenvalue weighted by molar-refractivity contribution is 0.0762. The smallest absolute Gasteiger partial charge is 0.409 e. The molecule has 1 aliphatic heterocycles. The molecule has 1 aromatic heterocycles. The first-order chi connectivity index (χ1) is 9.11. The van der Waals surface area contributed by atoms with Crippen LogP contribution in [0.5, 0.6) is 0 Å². The van der Waals surface area contributed by atoms with Crippen LogP contribution in [0.25, 0.3) is 0 Å². The first-order valence-electron chi connectivity index (χ1n) is 5.99.